The molecule has 1 aliphatic carbocycles. The molecule has 2 aliphatic rings. The van der Waals surface area contributed by atoms with Gasteiger partial charge in [-0.25, -0.2) is 4.79 Å². The smallest absolute Gasteiger partial charge is 0.348 e. The highest BCUT2D eigenvalue weighted by Crippen LogP contribution is 2.33. The summed E-state index contributed by atoms with van der Waals surface area (Å²) in [6.45, 7) is 2.48. The molecule has 1 atom stereocenters. The molecule has 0 radical (unpaired) electrons. The molecule has 0 bridgehead atoms. The zero-order chi connectivity index (χ0) is 18.8. The van der Waals surface area contributed by atoms with Crippen molar-refractivity contribution in [1.82, 2.24) is 5.32 Å². The number of carbonyl (C=O) groups is 2. The van der Waals surface area contributed by atoms with Gasteiger partial charge < -0.3 is 19.5 Å². The van der Waals surface area contributed by atoms with Gasteiger partial charge in [-0.3, -0.25) is 4.79 Å². The van der Waals surface area contributed by atoms with E-state index in [-0.39, 0.29) is 19.3 Å². The van der Waals surface area contributed by atoms with Crippen LogP contribution in [0.4, 0.5) is 0 Å². The monoisotopic (exact) mass is 387 g/mol. The van der Waals surface area contributed by atoms with Crippen LogP contribution in [0, 0.1) is 5.92 Å². The average Bonchev–Trinajstić information content (AvgIpc) is 3.30. The van der Waals surface area contributed by atoms with Gasteiger partial charge in [0, 0.05) is 11.4 Å². The second-order valence-electron chi connectivity index (χ2n) is 6.95. The summed E-state index contributed by atoms with van der Waals surface area (Å²) < 4.78 is 15.7. The first-order valence-corrected chi connectivity index (χ1v) is 9.84. The van der Waals surface area contributed by atoms with Gasteiger partial charge in [-0.05, 0) is 54.5 Å². The van der Waals surface area contributed by atoms with Gasteiger partial charge in [0.2, 0.25) is 6.79 Å². The molecular formula is C20H21NO5S. The number of aryl methyl sites for hydroxylation is 1. The van der Waals surface area contributed by atoms with E-state index in [1.807, 2.05) is 24.3 Å². The van der Waals surface area contributed by atoms with Crippen LogP contribution in [0.5, 0.6) is 11.5 Å². The molecule has 4 rings (SSSR count). The van der Waals surface area contributed by atoms with Crippen molar-refractivity contribution in [3.05, 3.63) is 45.1 Å². The number of thiophene rings is 1. The molecule has 7 heteroatoms. The standard InChI is InChI=1S/C20H21NO5S/c1-12-2-5-17-14(6-12)8-18(27-17)20(23)24-10-19(22)21-9-13-3-4-15-16(7-13)26-11-25-15/h3-4,7-8,12H,2,5-6,9-11H2,1H3,(H,21,22)/t12-/m0/s1. The van der Waals surface area contributed by atoms with E-state index in [9.17, 15) is 9.59 Å². The maximum absolute atomic E-state index is 12.2. The lowest BCUT2D eigenvalue weighted by Crippen LogP contribution is -2.28. The van der Waals surface area contributed by atoms with Crippen LogP contribution in [-0.4, -0.2) is 25.3 Å². The third-order valence-corrected chi connectivity index (χ3v) is 6.01. The average molecular weight is 387 g/mol. The number of hydrogen-bond donors (Lipinski definition) is 1. The Labute approximate surface area is 161 Å². The Bertz CT molecular complexity index is 875. The summed E-state index contributed by atoms with van der Waals surface area (Å²) in [6, 6.07) is 7.41. The minimum atomic E-state index is -0.430. The number of nitrogens with one attached hydrogen (secondary N) is 1. The van der Waals surface area contributed by atoms with E-state index < -0.39 is 5.97 Å². The Kier molecular flexibility index (Phi) is 5.03. The second-order valence-corrected chi connectivity index (χ2v) is 8.08. The summed E-state index contributed by atoms with van der Waals surface area (Å²) >= 11 is 1.49. The van der Waals surface area contributed by atoms with E-state index in [1.165, 1.54) is 21.8 Å². The SMILES string of the molecule is C[C@H]1CCc2sc(C(=O)OCC(=O)NCc3ccc4c(c3)OCO4)cc2C1. The normalized spacial score (nSPS) is 17.3. The van der Waals surface area contributed by atoms with Gasteiger partial charge in [-0.2, -0.15) is 0 Å². The Morgan fingerprint density at radius 3 is 3.00 bits per heavy atom. The largest absolute Gasteiger partial charge is 0.454 e. The number of ether oxygens (including phenoxy) is 3. The quantitative estimate of drug-likeness (QED) is 0.798. The zero-order valence-electron chi connectivity index (χ0n) is 15.1. The number of rotatable bonds is 5. The van der Waals surface area contributed by atoms with Gasteiger partial charge in [0.25, 0.3) is 5.91 Å². The van der Waals surface area contributed by atoms with Gasteiger partial charge in [0.15, 0.2) is 18.1 Å². The van der Waals surface area contributed by atoms with Gasteiger partial charge in [-0.15, -0.1) is 11.3 Å². The van der Waals surface area contributed by atoms with Crippen molar-refractivity contribution in [2.45, 2.75) is 32.7 Å². The minimum Gasteiger partial charge on any atom is -0.454 e. The first-order chi connectivity index (χ1) is 13.1. The molecule has 1 amide bonds. The lowest BCUT2D eigenvalue weighted by atomic mass is 9.90. The highest BCUT2D eigenvalue weighted by molar-refractivity contribution is 7.14. The van der Waals surface area contributed by atoms with Crippen LogP contribution < -0.4 is 14.8 Å². The van der Waals surface area contributed by atoms with Crippen LogP contribution in [0.15, 0.2) is 24.3 Å². The molecule has 0 saturated heterocycles. The van der Waals surface area contributed by atoms with Crippen LogP contribution in [0.3, 0.4) is 0 Å². The van der Waals surface area contributed by atoms with Crippen LogP contribution in [-0.2, 0) is 28.9 Å². The third-order valence-electron chi connectivity index (χ3n) is 4.79. The predicted octanol–water partition coefficient (Wildman–Crippen LogP) is 3.07. The topological polar surface area (TPSA) is 73.9 Å². The van der Waals surface area contributed by atoms with E-state index in [2.05, 4.69) is 12.2 Å². The lowest BCUT2D eigenvalue weighted by Gasteiger charge is -2.16. The second kappa shape index (κ2) is 7.60. The van der Waals surface area contributed by atoms with Crippen LogP contribution >= 0.6 is 11.3 Å². The Balaban J connectivity index is 1.26. The Morgan fingerprint density at radius 2 is 2.11 bits per heavy atom. The van der Waals surface area contributed by atoms with Crippen molar-refractivity contribution < 1.29 is 23.8 Å². The summed E-state index contributed by atoms with van der Waals surface area (Å²) in [4.78, 5) is 26.1. The molecule has 0 saturated carbocycles. The van der Waals surface area contributed by atoms with Crippen LogP contribution in [0.1, 0.15) is 39.0 Å². The number of hydrogen-bond acceptors (Lipinski definition) is 6. The highest BCUT2D eigenvalue weighted by atomic mass is 32.1. The fraction of sp³-hybridized carbons (Fsp3) is 0.400. The fourth-order valence-corrected chi connectivity index (χ4v) is 4.41. The lowest BCUT2D eigenvalue weighted by molar-refractivity contribution is -0.124. The first-order valence-electron chi connectivity index (χ1n) is 9.02. The molecule has 2 heterocycles. The maximum Gasteiger partial charge on any atom is 0.348 e. The van der Waals surface area contributed by atoms with Crippen molar-refractivity contribution >= 4 is 23.2 Å². The van der Waals surface area contributed by atoms with Gasteiger partial charge in [-0.1, -0.05) is 13.0 Å². The molecule has 1 aliphatic heterocycles. The fourth-order valence-electron chi connectivity index (χ4n) is 3.31. The van der Waals surface area contributed by atoms with E-state index in [4.69, 9.17) is 14.2 Å². The maximum atomic E-state index is 12.2. The van der Waals surface area contributed by atoms with E-state index in [0.29, 0.717) is 28.8 Å². The summed E-state index contributed by atoms with van der Waals surface area (Å²) in [5.74, 6) is 1.25. The molecule has 0 unspecified atom stereocenters. The predicted molar refractivity (Wildman–Crippen MR) is 100 cm³/mol. The van der Waals surface area contributed by atoms with Crippen LogP contribution in [0.2, 0.25) is 0 Å². The van der Waals surface area contributed by atoms with E-state index in [0.717, 1.165) is 24.8 Å². The first kappa shape index (κ1) is 17.9. The number of amides is 1. The molecule has 1 aromatic heterocycles. The number of esters is 1. The molecule has 0 fully saturated rings. The van der Waals surface area contributed by atoms with Gasteiger partial charge in [0.1, 0.15) is 4.88 Å². The van der Waals surface area contributed by atoms with Crippen molar-refractivity contribution in [3.8, 4) is 11.5 Å². The number of fused-ring (bicyclic) bond motifs is 2. The molecule has 0 spiro atoms. The van der Waals surface area contributed by atoms with E-state index >= 15 is 0 Å². The van der Waals surface area contributed by atoms with Crippen molar-refractivity contribution in [2.75, 3.05) is 13.4 Å². The van der Waals surface area contributed by atoms with Gasteiger partial charge >= 0.3 is 5.97 Å². The summed E-state index contributed by atoms with van der Waals surface area (Å²) in [7, 11) is 0. The summed E-state index contributed by atoms with van der Waals surface area (Å²) in [5, 5.41) is 2.74. The van der Waals surface area contributed by atoms with Crippen molar-refractivity contribution in [2.24, 2.45) is 5.92 Å². The number of benzene rings is 1. The zero-order valence-corrected chi connectivity index (χ0v) is 15.9. The summed E-state index contributed by atoms with van der Waals surface area (Å²) in [5.41, 5.74) is 2.14. The van der Waals surface area contributed by atoms with Crippen molar-refractivity contribution in [3.63, 3.8) is 0 Å². The molecule has 1 N–H and O–H groups in total. The molecule has 142 valence electrons. The Hall–Kier alpha value is -2.54. The summed E-state index contributed by atoms with van der Waals surface area (Å²) in [6.07, 6.45) is 3.18. The highest BCUT2D eigenvalue weighted by Gasteiger charge is 2.22. The molecular weight excluding hydrogens is 366 g/mol. The van der Waals surface area contributed by atoms with Crippen LogP contribution in [0.25, 0.3) is 0 Å². The molecule has 2 aromatic rings. The van der Waals surface area contributed by atoms with Crippen molar-refractivity contribution in [1.29, 1.82) is 0 Å². The Morgan fingerprint density at radius 1 is 1.26 bits per heavy atom. The molecule has 27 heavy (non-hydrogen) atoms. The third kappa shape index (κ3) is 4.08. The molecule has 6 nitrogen and oxygen atoms in total. The molecule has 1 aromatic carbocycles. The minimum absolute atomic E-state index is 0.214. The van der Waals surface area contributed by atoms with E-state index in [1.54, 1.807) is 0 Å². The number of carbonyl (C=O) groups excluding carboxylic acids is 2. The van der Waals surface area contributed by atoms with Gasteiger partial charge in [0.05, 0.1) is 0 Å².